The molecular weight excluding hydrogens is 360 g/mol. The van der Waals surface area contributed by atoms with Crippen molar-refractivity contribution in [1.29, 1.82) is 0 Å². The number of nitrogens with zero attached hydrogens (tertiary/aromatic N) is 1. The molecule has 116 valence electrons. The maximum atomic E-state index is 12.0. The van der Waals surface area contributed by atoms with Gasteiger partial charge in [0.2, 0.25) is 5.91 Å². The molecule has 1 aromatic heterocycles. The molecule has 0 bridgehead atoms. The van der Waals surface area contributed by atoms with Crippen LogP contribution in [0.2, 0.25) is 20.2 Å². The maximum Gasteiger partial charge on any atom is 0.271 e. The molecule has 0 atom stereocenters. The van der Waals surface area contributed by atoms with Crippen LogP contribution < -0.4 is 10.6 Å². The second-order valence-electron chi connectivity index (χ2n) is 5.17. The molecule has 0 aromatic carbocycles. The first-order valence-electron chi connectivity index (χ1n) is 5.82. The number of hydrogen-bond donors (Lipinski definition) is 2. The quantitative estimate of drug-likeness (QED) is 0.799. The third-order valence-corrected chi connectivity index (χ3v) is 3.80. The number of nitrogens with one attached hydrogen (secondary N) is 2. The Hall–Kier alpha value is -0.750. The first-order valence-corrected chi connectivity index (χ1v) is 7.33. The molecule has 0 unspecified atom stereocenters. The summed E-state index contributed by atoms with van der Waals surface area (Å²) < 4.78 is 0. The molecule has 0 radical (unpaired) electrons. The van der Waals surface area contributed by atoms with Crippen LogP contribution in [0, 0.1) is 0 Å². The van der Waals surface area contributed by atoms with Crippen LogP contribution in [0.1, 0.15) is 31.3 Å². The molecule has 1 rings (SSSR count). The van der Waals surface area contributed by atoms with Gasteiger partial charge in [-0.1, -0.05) is 46.4 Å². The highest BCUT2D eigenvalue weighted by molar-refractivity contribution is 6.52. The second kappa shape index (κ2) is 7.01. The molecule has 0 spiro atoms. The summed E-state index contributed by atoms with van der Waals surface area (Å²) in [4.78, 5) is 27.3. The number of halogens is 4. The molecule has 0 fully saturated rings. The van der Waals surface area contributed by atoms with Gasteiger partial charge in [-0.15, -0.1) is 0 Å². The van der Waals surface area contributed by atoms with E-state index in [1.165, 1.54) is 0 Å². The lowest BCUT2D eigenvalue weighted by atomic mass is 10.1. The number of amides is 2. The Bertz CT molecular complexity index is 585. The van der Waals surface area contributed by atoms with E-state index in [0.29, 0.717) is 0 Å². The lowest BCUT2D eigenvalue weighted by Crippen LogP contribution is -2.46. The van der Waals surface area contributed by atoms with Crippen molar-refractivity contribution in [2.75, 3.05) is 6.54 Å². The Morgan fingerprint density at radius 1 is 1.05 bits per heavy atom. The highest BCUT2D eigenvalue weighted by Gasteiger charge is 2.21. The van der Waals surface area contributed by atoms with Crippen molar-refractivity contribution < 1.29 is 9.59 Å². The zero-order valence-electron chi connectivity index (χ0n) is 11.5. The molecule has 1 aromatic rings. The molecule has 0 aliphatic carbocycles. The summed E-state index contributed by atoms with van der Waals surface area (Å²) in [7, 11) is 0. The number of aromatic nitrogens is 1. The van der Waals surface area contributed by atoms with Crippen molar-refractivity contribution in [3.05, 3.63) is 25.9 Å². The molecular formula is C12H13Cl4N3O2. The summed E-state index contributed by atoms with van der Waals surface area (Å²) in [6.45, 7) is 5.24. The van der Waals surface area contributed by atoms with Crippen molar-refractivity contribution in [1.82, 2.24) is 15.6 Å². The van der Waals surface area contributed by atoms with E-state index in [1.807, 2.05) is 20.8 Å². The molecule has 0 aliphatic rings. The van der Waals surface area contributed by atoms with Gasteiger partial charge in [-0.05, 0) is 20.8 Å². The fraction of sp³-hybridized carbons (Fsp3) is 0.417. The number of rotatable bonds is 3. The fourth-order valence-corrected chi connectivity index (χ4v) is 2.16. The van der Waals surface area contributed by atoms with E-state index in [9.17, 15) is 9.59 Å². The molecule has 0 aliphatic heterocycles. The molecule has 5 nitrogen and oxygen atoms in total. The lowest BCUT2D eigenvalue weighted by molar-refractivity contribution is -0.121. The third-order valence-electron chi connectivity index (χ3n) is 2.12. The Balaban J connectivity index is 2.80. The maximum absolute atomic E-state index is 12.0. The number of carbonyl (C=O) groups is 2. The number of hydrogen-bond acceptors (Lipinski definition) is 3. The molecule has 2 amide bonds. The topological polar surface area (TPSA) is 71.1 Å². The van der Waals surface area contributed by atoms with Crippen LogP contribution in [-0.2, 0) is 4.79 Å². The van der Waals surface area contributed by atoms with E-state index in [4.69, 9.17) is 46.4 Å². The monoisotopic (exact) mass is 371 g/mol. The lowest BCUT2D eigenvalue weighted by Gasteiger charge is -2.20. The van der Waals surface area contributed by atoms with E-state index in [-0.39, 0.29) is 38.4 Å². The van der Waals surface area contributed by atoms with Gasteiger partial charge in [0.05, 0.1) is 21.6 Å². The Morgan fingerprint density at radius 3 is 2.14 bits per heavy atom. The van der Waals surface area contributed by atoms with Gasteiger partial charge in [-0.2, -0.15) is 0 Å². The van der Waals surface area contributed by atoms with Crippen molar-refractivity contribution >= 4 is 58.2 Å². The summed E-state index contributed by atoms with van der Waals surface area (Å²) in [6, 6.07) is 0. The molecule has 1 heterocycles. The summed E-state index contributed by atoms with van der Waals surface area (Å²) in [5, 5.41) is 4.70. The smallest absolute Gasteiger partial charge is 0.271 e. The largest absolute Gasteiger partial charge is 0.350 e. The molecule has 2 N–H and O–H groups in total. The highest BCUT2D eigenvalue weighted by atomic mass is 35.5. The van der Waals surface area contributed by atoms with Gasteiger partial charge >= 0.3 is 0 Å². The summed E-state index contributed by atoms with van der Waals surface area (Å²) in [5.41, 5.74) is -0.593. The summed E-state index contributed by atoms with van der Waals surface area (Å²) >= 11 is 23.2. The second-order valence-corrected chi connectivity index (χ2v) is 6.67. The predicted octanol–water partition coefficient (Wildman–Crippen LogP) is 3.34. The van der Waals surface area contributed by atoms with Crippen LogP contribution in [0.15, 0.2) is 0 Å². The SMILES string of the molecule is CC(C)(C)NC(=O)CNC(=O)c1nc(Cl)c(Cl)c(Cl)c1Cl. The third kappa shape index (κ3) is 5.18. The van der Waals surface area contributed by atoms with Crippen molar-refractivity contribution in [3.63, 3.8) is 0 Å². The van der Waals surface area contributed by atoms with Crippen LogP contribution in [0.4, 0.5) is 0 Å². The Morgan fingerprint density at radius 2 is 1.62 bits per heavy atom. The van der Waals surface area contributed by atoms with E-state index in [0.717, 1.165) is 0 Å². The van der Waals surface area contributed by atoms with Gasteiger partial charge in [0, 0.05) is 5.54 Å². The van der Waals surface area contributed by atoms with E-state index >= 15 is 0 Å². The van der Waals surface area contributed by atoms with Crippen LogP contribution in [0.5, 0.6) is 0 Å². The zero-order valence-corrected chi connectivity index (χ0v) is 14.5. The Labute approximate surface area is 142 Å². The fourth-order valence-electron chi connectivity index (χ4n) is 1.34. The van der Waals surface area contributed by atoms with Gasteiger partial charge < -0.3 is 10.6 Å². The molecule has 0 saturated heterocycles. The minimum atomic E-state index is -0.676. The van der Waals surface area contributed by atoms with Gasteiger partial charge in [0.1, 0.15) is 10.8 Å². The van der Waals surface area contributed by atoms with Gasteiger partial charge in [0.25, 0.3) is 5.91 Å². The van der Waals surface area contributed by atoms with Crippen molar-refractivity contribution in [3.8, 4) is 0 Å². The number of carbonyl (C=O) groups excluding carboxylic acids is 2. The first-order chi connectivity index (χ1) is 9.53. The van der Waals surface area contributed by atoms with Gasteiger partial charge in [-0.3, -0.25) is 9.59 Å². The number of pyridine rings is 1. The minimum absolute atomic E-state index is 0.0367. The van der Waals surface area contributed by atoms with Crippen molar-refractivity contribution in [2.24, 2.45) is 0 Å². The minimum Gasteiger partial charge on any atom is -0.350 e. The van der Waals surface area contributed by atoms with E-state index in [2.05, 4.69) is 15.6 Å². The standard InChI is InChI=1S/C12H13Cl4N3O2/c1-12(2,3)19-5(20)4-17-11(21)9-7(14)6(13)8(15)10(16)18-9/h4H2,1-3H3,(H,17,21)(H,19,20). The van der Waals surface area contributed by atoms with Gasteiger partial charge in [-0.25, -0.2) is 4.98 Å². The van der Waals surface area contributed by atoms with Crippen LogP contribution in [-0.4, -0.2) is 28.9 Å². The summed E-state index contributed by atoms with van der Waals surface area (Å²) in [5.74, 6) is -1.03. The first kappa shape index (κ1) is 18.3. The van der Waals surface area contributed by atoms with Gasteiger partial charge in [0.15, 0.2) is 0 Å². The predicted molar refractivity (Wildman–Crippen MR) is 84.5 cm³/mol. The van der Waals surface area contributed by atoms with Crippen LogP contribution in [0.3, 0.4) is 0 Å². The Kier molecular flexibility index (Phi) is 6.11. The average Bonchev–Trinajstić information content (AvgIpc) is 2.35. The van der Waals surface area contributed by atoms with E-state index < -0.39 is 11.4 Å². The molecule has 21 heavy (non-hydrogen) atoms. The summed E-state index contributed by atoms with van der Waals surface area (Å²) in [6.07, 6.45) is 0. The normalized spacial score (nSPS) is 11.2. The molecule has 0 saturated carbocycles. The van der Waals surface area contributed by atoms with Crippen LogP contribution in [0.25, 0.3) is 0 Å². The van der Waals surface area contributed by atoms with Crippen LogP contribution >= 0.6 is 46.4 Å². The van der Waals surface area contributed by atoms with Crippen molar-refractivity contribution in [2.45, 2.75) is 26.3 Å². The van der Waals surface area contributed by atoms with E-state index in [1.54, 1.807) is 0 Å². The zero-order chi connectivity index (χ0) is 16.4. The highest BCUT2D eigenvalue weighted by Crippen LogP contribution is 2.35. The molecule has 9 heteroatoms. The average molecular weight is 373 g/mol.